The fourth-order valence-corrected chi connectivity index (χ4v) is 3.31. The van der Waals surface area contributed by atoms with E-state index in [1.54, 1.807) is 12.1 Å². The number of Topliss-reactive ketones (excluding diaryl/α,β-unsaturated/α-hetero) is 1. The summed E-state index contributed by atoms with van der Waals surface area (Å²) in [6, 6.07) is 18.4. The second-order valence-electron chi connectivity index (χ2n) is 8.96. The third-order valence-electron chi connectivity index (χ3n) is 4.95. The van der Waals surface area contributed by atoms with Gasteiger partial charge in [0.2, 0.25) is 11.8 Å². The topological polar surface area (TPSA) is 106 Å². The molecule has 1 heterocycles. The van der Waals surface area contributed by atoms with Crippen LogP contribution in [-0.2, 0) is 4.74 Å². The fraction of sp³-hybridized carbons (Fsp3) is 0.385. The summed E-state index contributed by atoms with van der Waals surface area (Å²) in [5.41, 5.74) is 0.950. The molecule has 0 saturated heterocycles. The van der Waals surface area contributed by atoms with Gasteiger partial charge in [0.05, 0.1) is 12.6 Å². The highest BCUT2D eigenvalue weighted by Crippen LogP contribution is 2.23. The zero-order chi connectivity index (χ0) is 24.4. The van der Waals surface area contributed by atoms with Crippen LogP contribution in [0.2, 0.25) is 0 Å². The van der Waals surface area contributed by atoms with Crippen molar-refractivity contribution in [1.82, 2.24) is 20.8 Å². The van der Waals surface area contributed by atoms with Crippen molar-refractivity contribution in [2.45, 2.75) is 51.7 Å². The van der Waals surface area contributed by atoms with Gasteiger partial charge >= 0.3 is 6.09 Å². The highest BCUT2D eigenvalue weighted by atomic mass is 16.6. The van der Waals surface area contributed by atoms with Gasteiger partial charge in [-0.3, -0.25) is 10.1 Å². The quantitative estimate of drug-likeness (QED) is 0.306. The molecule has 180 valence electrons. The molecule has 0 aliphatic carbocycles. The van der Waals surface area contributed by atoms with Gasteiger partial charge in [-0.1, -0.05) is 48.5 Å². The molecular formula is C26H32N4O4. The van der Waals surface area contributed by atoms with E-state index in [2.05, 4.69) is 20.8 Å². The number of ketones is 1. The summed E-state index contributed by atoms with van der Waals surface area (Å²) in [6.45, 7) is 6.12. The summed E-state index contributed by atoms with van der Waals surface area (Å²) in [7, 11) is 0. The summed E-state index contributed by atoms with van der Waals surface area (Å²) < 4.78 is 11.2. The second kappa shape index (κ2) is 12.1. The lowest BCUT2D eigenvalue weighted by atomic mass is 10.1. The molecule has 0 unspecified atom stereocenters. The summed E-state index contributed by atoms with van der Waals surface area (Å²) in [6.07, 6.45) is 1.74. The van der Waals surface area contributed by atoms with Crippen LogP contribution in [0.15, 0.2) is 65.1 Å². The average molecular weight is 465 g/mol. The van der Waals surface area contributed by atoms with Crippen molar-refractivity contribution in [2.24, 2.45) is 0 Å². The van der Waals surface area contributed by atoms with Crippen LogP contribution in [0.1, 0.15) is 62.3 Å². The number of hydrogen-bond donors (Lipinski definition) is 2. The Kier molecular flexibility index (Phi) is 8.93. The Balaban J connectivity index is 1.58. The standard InChI is InChI=1S/C26H32N4O4/c1-26(2,3)34-25(32)27-17-11-10-16-21(28-18-22(31)19-12-6-4-7-13-19)24-30-29-23(33-24)20-14-8-5-9-15-20/h4-9,12-15,21,28H,10-11,16-18H2,1-3H3,(H,27,32)/t21-/m1/s1. The number of carbonyl (C=O) groups excluding carboxylic acids is 2. The highest BCUT2D eigenvalue weighted by molar-refractivity contribution is 5.97. The Morgan fingerprint density at radius 3 is 2.32 bits per heavy atom. The Morgan fingerprint density at radius 1 is 0.971 bits per heavy atom. The van der Waals surface area contributed by atoms with Crippen LogP contribution in [0, 0.1) is 0 Å². The predicted octanol–water partition coefficient (Wildman–Crippen LogP) is 4.95. The van der Waals surface area contributed by atoms with Gasteiger partial charge in [-0.2, -0.15) is 0 Å². The van der Waals surface area contributed by atoms with Gasteiger partial charge in [-0.05, 0) is 52.2 Å². The lowest BCUT2D eigenvalue weighted by Crippen LogP contribution is -2.33. The lowest BCUT2D eigenvalue weighted by molar-refractivity contribution is 0.0526. The van der Waals surface area contributed by atoms with E-state index in [1.807, 2.05) is 69.3 Å². The van der Waals surface area contributed by atoms with Gasteiger partial charge in [-0.15, -0.1) is 10.2 Å². The Bertz CT molecular complexity index is 1050. The van der Waals surface area contributed by atoms with Crippen LogP contribution in [0.5, 0.6) is 0 Å². The summed E-state index contributed by atoms with van der Waals surface area (Å²) in [4.78, 5) is 24.4. The molecule has 3 aromatic rings. The highest BCUT2D eigenvalue weighted by Gasteiger charge is 2.21. The van der Waals surface area contributed by atoms with E-state index in [9.17, 15) is 9.59 Å². The molecule has 1 amide bonds. The molecule has 1 atom stereocenters. The minimum atomic E-state index is -0.529. The van der Waals surface area contributed by atoms with E-state index in [-0.39, 0.29) is 18.4 Å². The zero-order valence-corrected chi connectivity index (χ0v) is 19.9. The van der Waals surface area contributed by atoms with Crippen molar-refractivity contribution in [3.63, 3.8) is 0 Å². The SMILES string of the molecule is CC(C)(C)OC(=O)NCCCC[C@@H](NCC(=O)c1ccccc1)c1nnc(-c2ccccc2)o1. The van der Waals surface area contributed by atoms with Gasteiger partial charge in [0, 0.05) is 17.7 Å². The molecule has 1 aromatic heterocycles. The Hall–Kier alpha value is -3.52. The van der Waals surface area contributed by atoms with E-state index in [0.717, 1.165) is 18.4 Å². The van der Waals surface area contributed by atoms with Crippen LogP contribution in [-0.4, -0.2) is 40.8 Å². The van der Waals surface area contributed by atoms with Crippen molar-refractivity contribution in [3.8, 4) is 11.5 Å². The molecular weight excluding hydrogens is 432 g/mol. The molecule has 0 aliphatic rings. The normalized spacial score (nSPS) is 12.2. The van der Waals surface area contributed by atoms with Crippen LogP contribution < -0.4 is 10.6 Å². The number of hydrogen-bond acceptors (Lipinski definition) is 7. The molecule has 0 radical (unpaired) electrons. The third kappa shape index (κ3) is 8.12. The first kappa shape index (κ1) is 25.1. The second-order valence-corrected chi connectivity index (χ2v) is 8.96. The number of benzene rings is 2. The number of nitrogens with one attached hydrogen (secondary N) is 2. The first-order valence-electron chi connectivity index (χ1n) is 11.5. The number of aromatic nitrogens is 2. The van der Waals surface area contributed by atoms with Crippen molar-refractivity contribution < 1.29 is 18.7 Å². The van der Waals surface area contributed by atoms with Crippen molar-refractivity contribution >= 4 is 11.9 Å². The number of ether oxygens (including phenoxy) is 1. The summed E-state index contributed by atoms with van der Waals surface area (Å²) in [5, 5.41) is 14.4. The van der Waals surface area contributed by atoms with E-state index < -0.39 is 11.7 Å². The average Bonchev–Trinajstić information content (AvgIpc) is 3.31. The number of unbranched alkanes of at least 4 members (excludes halogenated alkanes) is 1. The van der Waals surface area contributed by atoms with E-state index in [4.69, 9.17) is 9.15 Å². The van der Waals surface area contributed by atoms with Crippen molar-refractivity contribution in [1.29, 1.82) is 0 Å². The molecule has 8 heteroatoms. The molecule has 2 aromatic carbocycles. The first-order chi connectivity index (χ1) is 16.3. The summed E-state index contributed by atoms with van der Waals surface area (Å²) >= 11 is 0. The molecule has 0 fully saturated rings. The fourth-order valence-electron chi connectivity index (χ4n) is 3.31. The molecule has 0 saturated carbocycles. The smallest absolute Gasteiger partial charge is 0.407 e. The molecule has 34 heavy (non-hydrogen) atoms. The molecule has 0 spiro atoms. The van der Waals surface area contributed by atoms with Crippen LogP contribution in [0.25, 0.3) is 11.5 Å². The van der Waals surface area contributed by atoms with Gasteiger partial charge < -0.3 is 14.5 Å². The number of amides is 1. The monoisotopic (exact) mass is 464 g/mol. The van der Waals surface area contributed by atoms with Gasteiger partial charge in [0.1, 0.15) is 5.60 Å². The Labute approximate surface area is 200 Å². The summed E-state index contributed by atoms with van der Waals surface area (Å²) in [5.74, 6) is 0.850. The maximum absolute atomic E-state index is 12.6. The lowest BCUT2D eigenvalue weighted by Gasteiger charge is -2.19. The van der Waals surface area contributed by atoms with Crippen molar-refractivity contribution in [3.05, 3.63) is 72.1 Å². The number of nitrogens with zero attached hydrogens (tertiary/aromatic N) is 2. The van der Waals surface area contributed by atoms with E-state index in [1.165, 1.54) is 0 Å². The molecule has 0 aliphatic heterocycles. The third-order valence-corrected chi connectivity index (χ3v) is 4.95. The molecule has 8 nitrogen and oxygen atoms in total. The maximum Gasteiger partial charge on any atom is 0.407 e. The largest absolute Gasteiger partial charge is 0.444 e. The number of alkyl carbamates (subject to hydrolysis) is 1. The van der Waals surface area contributed by atoms with E-state index >= 15 is 0 Å². The minimum absolute atomic E-state index is 0.0139. The van der Waals surface area contributed by atoms with Gasteiger partial charge in [-0.25, -0.2) is 4.79 Å². The molecule has 0 bridgehead atoms. The maximum atomic E-state index is 12.6. The van der Waals surface area contributed by atoms with Crippen molar-refractivity contribution in [2.75, 3.05) is 13.1 Å². The first-order valence-corrected chi connectivity index (χ1v) is 11.5. The minimum Gasteiger partial charge on any atom is -0.444 e. The molecule has 3 rings (SSSR count). The van der Waals surface area contributed by atoms with Gasteiger partial charge in [0.25, 0.3) is 0 Å². The van der Waals surface area contributed by atoms with Crippen LogP contribution in [0.3, 0.4) is 0 Å². The molecule has 2 N–H and O–H groups in total. The number of rotatable bonds is 11. The Morgan fingerprint density at radius 2 is 1.65 bits per heavy atom. The predicted molar refractivity (Wildman–Crippen MR) is 129 cm³/mol. The van der Waals surface area contributed by atoms with Crippen LogP contribution in [0.4, 0.5) is 4.79 Å². The van der Waals surface area contributed by atoms with Gasteiger partial charge in [0.15, 0.2) is 5.78 Å². The van der Waals surface area contributed by atoms with E-state index in [0.29, 0.717) is 30.3 Å². The zero-order valence-electron chi connectivity index (χ0n) is 19.9. The number of carbonyl (C=O) groups is 2. The van der Waals surface area contributed by atoms with Crippen LogP contribution >= 0.6 is 0 Å².